The summed E-state index contributed by atoms with van der Waals surface area (Å²) >= 11 is 12.0. The van der Waals surface area contributed by atoms with Crippen LogP contribution in [-0.2, 0) is 4.79 Å². The molecule has 0 fully saturated rings. The highest BCUT2D eigenvalue weighted by molar-refractivity contribution is 6.33. The fourth-order valence-electron chi connectivity index (χ4n) is 1.95. The summed E-state index contributed by atoms with van der Waals surface area (Å²) in [5.41, 5.74) is 1.25. The van der Waals surface area contributed by atoms with Gasteiger partial charge in [0.1, 0.15) is 5.75 Å². The van der Waals surface area contributed by atoms with Gasteiger partial charge in [0.25, 0.3) is 0 Å². The van der Waals surface area contributed by atoms with Gasteiger partial charge in [0.2, 0.25) is 5.91 Å². The molecule has 1 aromatic heterocycles. The third-order valence-electron chi connectivity index (χ3n) is 2.98. The first-order valence-electron chi connectivity index (χ1n) is 6.45. The van der Waals surface area contributed by atoms with Gasteiger partial charge in [-0.15, -0.1) is 0 Å². The van der Waals surface area contributed by atoms with Crippen molar-refractivity contribution in [2.24, 2.45) is 0 Å². The van der Waals surface area contributed by atoms with Crippen molar-refractivity contribution in [3.05, 3.63) is 46.7 Å². The molecule has 5 nitrogen and oxygen atoms in total. The molecule has 1 N–H and O–H groups in total. The SMILES string of the molecule is COc1ccc(Cl)cc1NC(=O)CN(C)c1ccncc1Cl. The number of benzene rings is 1. The van der Waals surface area contributed by atoms with Crippen LogP contribution < -0.4 is 15.0 Å². The lowest BCUT2D eigenvalue weighted by molar-refractivity contribution is -0.114. The molecule has 0 spiro atoms. The third-order valence-corrected chi connectivity index (χ3v) is 3.50. The van der Waals surface area contributed by atoms with Gasteiger partial charge in [-0.05, 0) is 24.3 Å². The number of carbonyl (C=O) groups is 1. The van der Waals surface area contributed by atoms with E-state index >= 15 is 0 Å². The molecule has 1 heterocycles. The second kappa shape index (κ2) is 7.33. The minimum atomic E-state index is -0.212. The van der Waals surface area contributed by atoms with Crippen molar-refractivity contribution >= 4 is 40.5 Å². The molecule has 2 rings (SSSR count). The summed E-state index contributed by atoms with van der Waals surface area (Å²) in [6, 6.07) is 6.77. The number of methoxy groups -OCH3 is 1. The number of carbonyl (C=O) groups excluding carboxylic acids is 1. The van der Waals surface area contributed by atoms with Crippen LogP contribution in [0.15, 0.2) is 36.7 Å². The van der Waals surface area contributed by atoms with Crippen LogP contribution in [0.2, 0.25) is 10.0 Å². The predicted molar refractivity (Wildman–Crippen MR) is 89.2 cm³/mol. The highest BCUT2D eigenvalue weighted by Crippen LogP contribution is 2.28. The number of aromatic nitrogens is 1. The average molecular weight is 340 g/mol. The molecule has 0 radical (unpaired) electrons. The zero-order valence-electron chi connectivity index (χ0n) is 12.1. The Morgan fingerprint density at radius 3 is 2.82 bits per heavy atom. The highest BCUT2D eigenvalue weighted by Gasteiger charge is 2.13. The van der Waals surface area contributed by atoms with Crippen molar-refractivity contribution in [3.8, 4) is 5.75 Å². The van der Waals surface area contributed by atoms with Crippen molar-refractivity contribution < 1.29 is 9.53 Å². The molecule has 0 saturated heterocycles. The first-order valence-corrected chi connectivity index (χ1v) is 7.21. The molecule has 7 heteroatoms. The lowest BCUT2D eigenvalue weighted by Gasteiger charge is -2.20. The first kappa shape index (κ1) is 16.4. The number of nitrogens with zero attached hydrogens (tertiary/aromatic N) is 2. The quantitative estimate of drug-likeness (QED) is 0.906. The van der Waals surface area contributed by atoms with E-state index in [4.69, 9.17) is 27.9 Å². The smallest absolute Gasteiger partial charge is 0.243 e. The monoisotopic (exact) mass is 339 g/mol. The molecule has 0 aliphatic carbocycles. The number of anilines is 2. The normalized spacial score (nSPS) is 10.2. The summed E-state index contributed by atoms with van der Waals surface area (Å²) in [4.78, 5) is 17.8. The molecule has 0 unspecified atom stereocenters. The standard InChI is InChI=1S/C15H15Cl2N3O2/c1-20(13-5-6-18-8-11(13)17)9-15(21)19-12-7-10(16)3-4-14(12)22-2/h3-8H,9H2,1-2H3,(H,19,21). The van der Waals surface area contributed by atoms with Crippen LogP contribution >= 0.6 is 23.2 Å². The van der Waals surface area contributed by atoms with Crippen molar-refractivity contribution in [1.29, 1.82) is 0 Å². The summed E-state index contributed by atoms with van der Waals surface area (Å²) in [5.74, 6) is 0.332. The molecule has 116 valence electrons. The van der Waals surface area contributed by atoms with Gasteiger partial charge in [0.05, 0.1) is 30.1 Å². The van der Waals surface area contributed by atoms with Gasteiger partial charge in [0.15, 0.2) is 0 Å². The Morgan fingerprint density at radius 1 is 1.36 bits per heavy atom. The van der Waals surface area contributed by atoms with E-state index in [0.717, 1.165) is 5.69 Å². The van der Waals surface area contributed by atoms with Crippen molar-refractivity contribution in [2.75, 3.05) is 30.9 Å². The molecular formula is C15H15Cl2N3O2. The van der Waals surface area contributed by atoms with Gasteiger partial charge in [-0.1, -0.05) is 23.2 Å². The van der Waals surface area contributed by atoms with Crippen LogP contribution in [0, 0.1) is 0 Å². The molecule has 0 aliphatic rings. The number of hydrogen-bond donors (Lipinski definition) is 1. The van der Waals surface area contributed by atoms with E-state index in [1.807, 2.05) is 0 Å². The van der Waals surface area contributed by atoms with E-state index in [1.165, 1.54) is 13.3 Å². The topological polar surface area (TPSA) is 54.5 Å². The van der Waals surface area contributed by atoms with Crippen LogP contribution in [0.4, 0.5) is 11.4 Å². The number of ether oxygens (including phenoxy) is 1. The summed E-state index contributed by atoms with van der Waals surface area (Å²) in [7, 11) is 3.30. The van der Waals surface area contributed by atoms with E-state index in [0.29, 0.717) is 21.5 Å². The maximum Gasteiger partial charge on any atom is 0.243 e. The third kappa shape index (κ3) is 4.02. The number of hydrogen-bond acceptors (Lipinski definition) is 4. The van der Waals surface area contributed by atoms with Gasteiger partial charge in [-0.25, -0.2) is 0 Å². The van der Waals surface area contributed by atoms with Crippen molar-refractivity contribution in [3.63, 3.8) is 0 Å². The molecule has 1 amide bonds. The van der Waals surface area contributed by atoms with Gasteiger partial charge in [-0.2, -0.15) is 0 Å². The second-order valence-electron chi connectivity index (χ2n) is 4.58. The molecular weight excluding hydrogens is 325 g/mol. The van der Waals surface area contributed by atoms with E-state index < -0.39 is 0 Å². The number of nitrogens with one attached hydrogen (secondary N) is 1. The van der Waals surface area contributed by atoms with E-state index in [2.05, 4.69) is 10.3 Å². The lowest BCUT2D eigenvalue weighted by atomic mass is 10.3. The largest absolute Gasteiger partial charge is 0.495 e. The average Bonchev–Trinajstić information content (AvgIpc) is 2.47. The predicted octanol–water partition coefficient (Wildman–Crippen LogP) is 3.47. The van der Waals surface area contributed by atoms with Crippen LogP contribution in [0.3, 0.4) is 0 Å². The number of likely N-dealkylation sites (N-methyl/N-ethyl adjacent to an activating group) is 1. The molecule has 0 saturated carbocycles. The fraction of sp³-hybridized carbons (Fsp3) is 0.200. The number of pyridine rings is 1. The summed E-state index contributed by atoms with van der Waals surface area (Å²) in [6.07, 6.45) is 3.15. The highest BCUT2D eigenvalue weighted by atomic mass is 35.5. The van der Waals surface area contributed by atoms with Crippen LogP contribution in [-0.4, -0.2) is 31.6 Å². The molecule has 2 aromatic rings. The fourth-order valence-corrected chi connectivity index (χ4v) is 2.38. The summed E-state index contributed by atoms with van der Waals surface area (Å²) in [5, 5.41) is 3.77. The van der Waals surface area contributed by atoms with Gasteiger partial charge in [0, 0.05) is 24.5 Å². The lowest BCUT2D eigenvalue weighted by Crippen LogP contribution is -2.30. The summed E-state index contributed by atoms with van der Waals surface area (Å²) < 4.78 is 5.19. The first-order chi connectivity index (χ1) is 10.5. The zero-order valence-corrected chi connectivity index (χ0v) is 13.6. The van der Waals surface area contributed by atoms with Gasteiger partial charge < -0.3 is 15.0 Å². The van der Waals surface area contributed by atoms with Crippen molar-refractivity contribution in [2.45, 2.75) is 0 Å². The molecule has 22 heavy (non-hydrogen) atoms. The zero-order chi connectivity index (χ0) is 16.1. The van der Waals surface area contributed by atoms with Crippen molar-refractivity contribution in [1.82, 2.24) is 4.98 Å². The maximum atomic E-state index is 12.2. The van der Waals surface area contributed by atoms with E-state index in [9.17, 15) is 4.79 Å². The van der Waals surface area contributed by atoms with Gasteiger partial charge in [-0.3, -0.25) is 9.78 Å². The molecule has 0 atom stereocenters. The maximum absolute atomic E-state index is 12.2. The number of amides is 1. The van der Waals surface area contributed by atoms with E-state index in [1.54, 1.807) is 42.4 Å². The number of rotatable bonds is 5. The Balaban J connectivity index is 2.07. The minimum Gasteiger partial charge on any atom is -0.495 e. The minimum absolute atomic E-state index is 0.124. The molecule has 0 aliphatic heterocycles. The van der Waals surface area contributed by atoms with Crippen LogP contribution in [0.5, 0.6) is 5.75 Å². The summed E-state index contributed by atoms with van der Waals surface area (Å²) in [6.45, 7) is 0.124. The van der Waals surface area contributed by atoms with Crippen LogP contribution in [0.25, 0.3) is 0 Å². The van der Waals surface area contributed by atoms with Gasteiger partial charge >= 0.3 is 0 Å². The Morgan fingerprint density at radius 2 is 2.14 bits per heavy atom. The van der Waals surface area contributed by atoms with Crippen LogP contribution in [0.1, 0.15) is 0 Å². The molecule has 1 aromatic carbocycles. The second-order valence-corrected chi connectivity index (χ2v) is 5.42. The molecule has 0 bridgehead atoms. The Kier molecular flexibility index (Phi) is 5.46. The van der Waals surface area contributed by atoms with E-state index in [-0.39, 0.29) is 12.5 Å². The Hall–Kier alpha value is -1.98. The Bertz CT molecular complexity index is 680. The number of halogens is 2. The Labute approximate surface area is 138 Å².